The topological polar surface area (TPSA) is 75.6 Å². The van der Waals surface area contributed by atoms with Gasteiger partial charge in [0.05, 0.1) is 16.1 Å². The van der Waals surface area contributed by atoms with Crippen molar-refractivity contribution in [1.29, 1.82) is 5.26 Å². The number of thiophene rings is 1. The van der Waals surface area contributed by atoms with Gasteiger partial charge in [-0.2, -0.15) is 18.4 Å². The van der Waals surface area contributed by atoms with Crippen LogP contribution in [0.15, 0.2) is 12.3 Å². The molecule has 0 atom stereocenters. The van der Waals surface area contributed by atoms with Gasteiger partial charge in [-0.15, -0.1) is 11.3 Å². The van der Waals surface area contributed by atoms with Crippen LogP contribution >= 0.6 is 11.3 Å². The smallest absolute Gasteiger partial charge is 0.368 e. The third-order valence-corrected chi connectivity index (χ3v) is 3.44. The molecule has 2 N–H and O–H groups in total. The maximum absolute atomic E-state index is 12.9. The largest absolute Gasteiger partial charge is 0.420 e. The molecule has 0 radical (unpaired) electrons. The van der Waals surface area contributed by atoms with Gasteiger partial charge in [-0.05, 0) is 13.0 Å². The zero-order valence-electron chi connectivity index (χ0n) is 9.62. The van der Waals surface area contributed by atoms with E-state index in [2.05, 4.69) is 9.97 Å². The molecule has 0 aliphatic carbocycles. The summed E-state index contributed by atoms with van der Waals surface area (Å²) in [6, 6.07) is 3.28. The second-order valence-corrected chi connectivity index (χ2v) is 4.94. The normalized spacial score (nSPS) is 11.3. The zero-order valence-corrected chi connectivity index (χ0v) is 10.4. The molecular formula is C11H7F3N4S. The maximum Gasteiger partial charge on any atom is 0.420 e. The Morgan fingerprint density at radius 1 is 1.42 bits per heavy atom. The number of anilines is 1. The molecule has 0 fully saturated rings. The SMILES string of the molecule is Cc1sc(-c2nc(N)ncc2C(F)(F)F)cc1C#N. The van der Waals surface area contributed by atoms with E-state index in [1.54, 1.807) is 6.92 Å². The summed E-state index contributed by atoms with van der Waals surface area (Å²) in [7, 11) is 0. The number of nitriles is 1. The van der Waals surface area contributed by atoms with Gasteiger partial charge in [-0.25, -0.2) is 9.97 Å². The van der Waals surface area contributed by atoms with Crippen LogP contribution in [0, 0.1) is 18.3 Å². The molecule has 2 aromatic rings. The highest BCUT2D eigenvalue weighted by atomic mass is 32.1. The molecule has 19 heavy (non-hydrogen) atoms. The van der Waals surface area contributed by atoms with Gasteiger partial charge in [0.25, 0.3) is 0 Å². The number of hydrogen-bond donors (Lipinski definition) is 1. The molecular weight excluding hydrogens is 277 g/mol. The molecule has 4 nitrogen and oxygen atoms in total. The van der Waals surface area contributed by atoms with Gasteiger partial charge in [0, 0.05) is 11.1 Å². The van der Waals surface area contributed by atoms with E-state index in [1.807, 2.05) is 6.07 Å². The van der Waals surface area contributed by atoms with Crippen molar-refractivity contribution in [2.24, 2.45) is 0 Å². The van der Waals surface area contributed by atoms with Crippen LogP contribution in [-0.2, 0) is 6.18 Å². The van der Waals surface area contributed by atoms with Crippen molar-refractivity contribution < 1.29 is 13.2 Å². The molecule has 0 unspecified atom stereocenters. The number of alkyl halides is 3. The molecule has 2 heterocycles. The highest BCUT2D eigenvalue weighted by Crippen LogP contribution is 2.39. The van der Waals surface area contributed by atoms with Crippen LogP contribution in [0.5, 0.6) is 0 Å². The van der Waals surface area contributed by atoms with Crippen LogP contribution < -0.4 is 5.73 Å². The van der Waals surface area contributed by atoms with Crippen LogP contribution in [0.4, 0.5) is 19.1 Å². The van der Waals surface area contributed by atoms with Crippen molar-refractivity contribution in [3.63, 3.8) is 0 Å². The number of aryl methyl sites for hydroxylation is 1. The van der Waals surface area contributed by atoms with Crippen LogP contribution in [-0.4, -0.2) is 9.97 Å². The number of nitrogen functional groups attached to an aromatic ring is 1. The zero-order chi connectivity index (χ0) is 14.2. The number of hydrogen-bond acceptors (Lipinski definition) is 5. The van der Waals surface area contributed by atoms with Crippen LogP contribution in [0.25, 0.3) is 10.6 Å². The van der Waals surface area contributed by atoms with Gasteiger partial charge < -0.3 is 5.73 Å². The first-order valence-corrected chi connectivity index (χ1v) is 5.85. The van der Waals surface area contributed by atoms with E-state index in [9.17, 15) is 13.2 Å². The van der Waals surface area contributed by atoms with E-state index in [0.717, 1.165) is 11.3 Å². The Balaban J connectivity index is 2.67. The van der Waals surface area contributed by atoms with Crippen molar-refractivity contribution >= 4 is 17.3 Å². The number of halogens is 3. The standard InChI is InChI=1S/C11H7F3N4S/c1-5-6(3-15)2-8(19-5)9-7(11(12,13)14)4-17-10(16)18-9/h2,4H,1H3,(H2,16,17,18). The van der Waals surface area contributed by atoms with Crippen LogP contribution in [0.2, 0.25) is 0 Å². The summed E-state index contributed by atoms with van der Waals surface area (Å²) in [4.78, 5) is 7.89. The van der Waals surface area contributed by atoms with E-state index in [-0.39, 0.29) is 16.5 Å². The molecule has 0 saturated heterocycles. The second kappa shape index (κ2) is 4.51. The van der Waals surface area contributed by atoms with E-state index in [0.29, 0.717) is 16.6 Å². The average Bonchev–Trinajstić information content (AvgIpc) is 2.68. The predicted octanol–water partition coefficient (Wildman–Crippen LogP) is 2.99. The summed E-state index contributed by atoms with van der Waals surface area (Å²) >= 11 is 1.06. The Morgan fingerprint density at radius 2 is 2.11 bits per heavy atom. The molecule has 0 amide bonds. The van der Waals surface area contributed by atoms with Gasteiger partial charge in [0.2, 0.25) is 5.95 Å². The van der Waals surface area contributed by atoms with E-state index in [4.69, 9.17) is 11.0 Å². The number of nitrogens with two attached hydrogens (primary N) is 1. The minimum absolute atomic E-state index is 0.243. The first-order chi connectivity index (χ1) is 8.82. The number of aromatic nitrogens is 2. The highest BCUT2D eigenvalue weighted by molar-refractivity contribution is 7.15. The lowest BCUT2D eigenvalue weighted by Crippen LogP contribution is -2.10. The first kappa shape index (κ1) is 13.3. The van der Waals surface area contributed by atoms with Crippen molar-refractivity contribution in [3.8, 4) is 16.6 Å². The van der Waals surface area contributed by atoms with Gasteiger partial charge in [0.1, 0.15) is 11.6 Å². The maximum atomic E-state index is 12.9. The lowest BCUT2D eigenvalue weighted by molar-refractivity contribution is -0.137. The summed E-state index contributed by atoms with van der Waals surface area (Å²) in [5, 5.41) is 8.84. The molecule has 2 aromatic heterocycles. The Kier molecular flexibility index (Phi) is 3.16. The van der Waals surface area contributed by atoms with E-state index >= 15 is 0 Å². The summed E-state index contributed by atoms with van der Waals surface area (Å²) in [5.74, 6) is -0.243. The molecule has 2 rings (SSSR count). The lowest BCUT2D eigenvalue weighted by atomic mass is 10.1. The van der Waals surface area contributed by atoms with Gasteiger partial charge in [-0.3, -0.25) is 0 Å². The molecule has 0 bridgehead atoms. The predicted molar refractivity (Wildman–Crippen MR) is 64.2 cm³/mol. The monoisotopic (exact) mass is 284 g/mol. The molecule has 8 heteroatoms. The summed E-state index contributed by atoms with van der Waals surface area (Å²) in [5.41, 5.74) is 4.40. The van der Waals surface area contributed by atoms with Crippen molar-refractivity contribution in [2.75, 3.05) is 5.73 Å². The van der Waals surface area contributed by atoms with Crippen LogP contribution in [0.1, 0.15) is 16.0 Å². The van der Waals surface area contributed by atoms with Crippen molar-refractivity contribution in [1.82, 2.24) is 9.97 Å². The highest BCUT2D eigenvalue weighted by Gasteiger charge is 2.35. The fraction of sp³-hybridized carbons (Fsp3) is 0.182. The minimum atomic E-state index is -4.58. The van der Waals surface area contributed by atoms with Gasteiger partial charge in [0.15, 0.2) is 0 Å². The number of rotatable bonds is 1. The molecule has 0 spiro atoms. The third kappa shape index (κ3) is 2.51. The minimum Gasteiger partial charge on any atom is -0.368 e. The summed E-state index contributed by atoms with van der Waals surface area (Å²) < 4.78 is 38.6. The van der Waals surface area contributed by atoms with Crippen LogP contribution in [0.3, 0.4) is 0 Å². The van der Waals surface area contributed by atoms with Crippen molar-refractivity contribution in [3.05, 3.63) is 28.3 Å². The average molecular weight is 284 g/mol. The van der Waals surface area contributed by atoms with E-state index < -0.39 is 11.7 Å². The third-order valence-electron chi connectivity index (χ3n) is 2.38. The summed E-state index contributed by atoms with van der Waals surface area (Å²) in [6.07, 6.45) is -3.92. The summed E-state index contributed by atoms with van der Waals surface area (Å²) in [6.45, 7) is 1.66. The molecule has 0 saturated carbocycles. The fourth-order valence-electron chi connectivity index (χ4n) is 1.50. The quantitative estimate of drug-likeness (QED) is 0.873. The second-order valence-electron chi connectivity index (χ2n) is 3.68. The fourth-order valence-corrected chi connectivity index (χ4v) is 2.47. The molecule has 98 valence electrons. The van der Waals surface area contributed by atoms with Gasteiger partial charge in [-0.1, -0.05) is 0 Å². The Morgan fingerprint density at radius 3 is 2.63 bits per heavy atom. The molecule has 0 aliphatic heterocycles. The Labute approximate surface area is 110 Å². The Hall–Kier alpha value is -2.14. The molecule has 0 aromatic carbocycles. The first-order valence-electron chi connectivity index (χ1n) is 5.03. The Bertz CT molecular complexity index is 670. The van der Waals surface area contributed by atoms with Gasteiger partial charge >= 0.3 is 6.18 Å². The van der Waals surface area contributed by atoms with E-state index in [1.165, 1.54) is 6.07 Å². The molecule has 0 aliphatic rings. The number of nitrogens with zero attached hydrogens (tertiary/aromatic N) is 3. The van der Waals surface area contributed by atoms with Crippen molar-refractivity contribution in [2.45, 2.75) is 13.1 Å². The lowest BCUT2D eigenvalue weighted by Gasteiger charge is -2.10.